The highest BCUT2D eigenvalue weighted by Crippen LogP contribution is 2.52. The lowest BCUT2D eigenvalue weighted by Gasteiger charge is -2.35. The summed E-state index contributed by atoms with van der Waals surface area (Å²) in [7, 11) is 0. The Morgan fingerprint density at radius 2 is 1.12 bits per heavy atom. The third-order valence-corrected chi connectivity index (χ3v) is 10.7. The Kier molecular flexibility index (Phi) is 5.95. The summed E-state index contributed by atoms with van der Waals surface area (Å²) < 4.78 is 2.50. The molecule has 0 saturated heterocycles. The molecule has 0 aliphatic heterocycles. The summed E-state index contributed by atoms with van der Waals surface area (Å²) >= 11 is 0. The van der Waals surface area contributed by atoms with E-state index in [2.05, 4.69) is 193 Å². The third-order valence-electron chi connectivity index (χ3n) is 10.7. The zero-order valence-electron chi connectivity index (χ0n) is 27.6. The molecular formula is C47H34N2. The van der Waals surface area contributed by atoms with Gasteiger partial charge in [0, 0.05) is 44.2 Å². The molecule has 1 aliphatic rings. The van der Waals surface area contributed by atoms with Crippen LogP contribution in [0.25, 0.3) is 60.2 Å². The topological polar surface area (TPSA) is 8.17 Å². The lowest BCUT2D eigenvalue weighted by atomic mass is 9.68. The second-order valence-electron chi connectivity index (χ2n) is 13.8. The van der Waals surface area contributed by atoms with Crippen molar-refractivity contribution in [2.24, 2.45) is 0 Å². The number of hydrogen-bond donors (Lipinski definition) is 0. The van der Waals surface area contributed by atoms with E-state index in [1.54, 1.807) is 0 Å². The molecule has 232 valence electrons. The van der Waals surface area contributed by atoms with Crippen molar-refractivity contribution in [3.8, 4) is 16.8 Å². The van der Waals surface area contributed by atoms with E-state index in [1.165, 1.54) is 65.6 Å². The van der Waals surface area contributed by atoms with Crippen LogP contribution in [0.5, 0.6) is 0 Å². The molecule has 1 aliphatic carbocycles. The summed E-state index contributed by atoms with van der Waals surface area (Å²) in [5, 5.41) is 7.68. The number of hydrogen-bond acceptors (Lipinski definition) is 1. The normalized spacial score (nSPS) is 13.3. The molecule has 1 aromatic heterocycles. The van der Waals surface area contributed by atoms with Crippen LogP contribution in [-0.4, -0.2) is 4.57 Å². The first-order valence-corrected chi connectivity index (χ1v) is 17.1. The molecule has 2 heteroatoms. The van der Waals surface area contributed by atoms with Crippen molar-refractivity contribution >= 4 is 60.4 Å². The van der Waals surface area contributed by atoms with Crippen molar-refractivity contribution in [1.82, 2.24) is 4.57 Å². The molecule has 0 saturated carbocycles. The monoisotopic (exact) mass is 626 g/mol. The molecule has 0 N–H and O–H groups in total. The van der Waals surface area contributed by atoms with Crippen LogP contribution >= 0.6 is 0 Å². The van der Waals surface area contributed by atoms with Gasteiger partial charge in [-0.2, -0.15) is 0 Å². The van der Waals surface area contributed by atoms with Gasteiger partial charge in [0.1, 0.15) is 0 Å². The van der Waals surface area contributed by atoms with Gasteiger partial charge in [0.25, 0.3) is 0 Å². The fraction of sp³-hybridized carbons (Fsp3) is 0.0638. The third kappa shape index (κ3) is 4.01. The Morgan fingerprint density at radius 3 is 1.98 bits per heavy atom. The summed E-state index contributed by atoms with van der Waals surface area (Å²) in [5.74, 6) is 0. The van der Waals surface area contributed by atoms with Crippen LogP contribution in [0, 0.1) is 0 Å². The highest BCUT2D eigenvalue weighted by Gasteiger charge is 2.35. The van der Waals surface area contributed by atoms with Crippen LogP contribution in [0.2, 0.25) is 0 Å². The molecular weight excluding hydrogens is 593 g/mol. The minimum absolute atomic E-state index is 0.0994. The van der Waals surface area contributed by atoms with Crippen LogP contribution in [-0.2, 0) is 5.41 Å². The van der Waals surface area contributed by atoms with E-state index in [9.17, 15) is 0 Å². The molecule has 9 aromatic rings. The Balaban J connectivity index is 1.25. The Morgan fingerprint density at radius 1 is 0.490 bits per heavy atom. The van der Waals surface area contributed by atoms with Crippen LogP contribution in [0.4, 0.5) is 17.1 Å². The van der Waals surface area contributed by atoms with E-state index in [1.807, 2.05) is 0 Å². The fourth-order valence-corrected chi connectivity index (χ4v) is 8.50. The summed E-state index contributed by atoms with van der Waals surface area (Å²) in [6, 6.07) is 62.2. The van der Waals surface area contributed by atoms with Gasteiger partial charge in [-0.15, -0.1) is 0 Å². The first-order valence-electron chi connectivity index (χ1n) is 17.1. The molecule has 2 nitrogen and oxygen atoms in total. The Hall–Kier alpha value is -6.12. The predicted molar refractivity (Wildman–Crippen MR) is 208 cm³/mol. The minimum Gasteiger partial charge on any atom is -0.310 e. The maximum Gasteiger partial charge on any atom is 0.0626 e. The van der Waals surface area contributed by atoms with Gasteiger partial charge in [-0.25, -0.2) is 0 Å². The molecule has 0 radical (unpaired) electrons. The van der Waals surface area contributed by atoms with Crippen molar-refractivity contribution in [3.63, 3.8) is 0 Å². The molecule has 0 unspecified atom stereocenters. The second-order valence-corrected chi connectivity index (χ2v) is 13.8. The molecule has 0 bridgehead atoms. The number of fused-ring (bicyclic) bond motifs is 7. The van der Waals surface area contributed by atoms with Gasteiger partial charge < -0.3 is 9.47 Å². The highest BCUT2D eigenvalue weighted by atomic mass is 15.1. The average molecular weight is 627 g/mol. The average Bonchev–Trinajstić information content (AvgIpc) is 3.48. The molecule has 0 spiro atoms. The maximum atomic E-state index is 2.50. The van der Waals surface area contributed by atoms with Crippen LogP contribution < -0.4 is 4.90 Å². The molecule has 0 atom stereocenters. The van der Waals surface area contributed by atoms with E-state index in [0.29, 0.717) is 0 Å². The smallest absolute Gasteiger partial charge is 0.0626 e. The summed E-state index contributed by atoms with van der Waals surface area (Å²) in [6.45, 7) is 4.74. The highest BCUT2D eigenvalue weighted by molar-refractivity contribution is 6.23. The lowest BCUT2D eigenvalue weighted by Crippen LogP contribution is -2.23. The van der Waals surface area contributed by atoms with Gasteiger partial charge in [-0.1, -0.05) is 129 Å². The number of benzene rings is 8. The van der Waals surface area contributed by atoms with E-state index < -0.39 is 0 Å². The molecule has 8 aromatic carbocycles. The number of anilines is 3. The van der Waals surface area contributed by atoms with Crippen molar-refractivity contribution < 1.29 is 0 Å². The Bertz CT molecular complexity index is 2730. The molecule has 1 heterocycles. The van der Waals surface area contributed by atoms with Crippen molar-refractivity contribution in [2.45, 2.75) is 19.3 Å². The summed E-state index contributed by atoms with van der Waals surface area (Å²) in [5.41, 5.74) is 12.4. The largest absolute Gasteiger partial charge is 0.310 e. The van der Waals surface area contributed by atoms with Crippen LogP contribution in [0.15, 0.2) is 170 Å². The van der Waals surface area contributed by atoms with Gasteiger partial charge in [0.05, 0.1) is 16.7 Å². The lowest BCUT2D eigenvalue weighted by molar-refractivity contribution is 0.645. The van der Waals surface area contributed by atoms with Crippen LogP contribution in [0.1, 0.15) is 25.0 Å². The molecule has 49 heavy (non-hydrogen) atoms. The van der Waals surface area contributed by atoms with E-state index >= 15 is 0 Å². The van der Waals surface area contributed by atoms with Gasteiger partial charge in [0.2, 0.25) is 0 Å². The van der Waals surface area contributed by atoms with Gasteiger partial charge in [-0.3, -0.25) is 0 Å². The second kappa shape index (κ2) is 10.4. The maximum absolute atomic E-state index is 2.50. The Labute approximate surface area is 286 Å². The molecule has 10 rings (SSSR count). The summed E-state index contributed by atoms with van der Waals surface area (Å²) in [4.78, 5) is 2.37. The van der Waals surface area contributed by atoms with E-state index in [4.69, 9.17) is 0 Å². The minimum atomic E-state index is -0.0994. The zero-order chi connectivity index (χ0) is 32.7. The fourth-order valence-electron chi connectivity index (χ4n) is 8.50. The SMILES string of the molecule is CC1(C)c2ccccc2-c2c3c1cccc3cc1c3ccccc3n(-c3ccc(N(c4ccccc4)c4cccc5ccccc45)cc3)c21. The molecule has 0 amide bonds. The van der Waals surface area contributed by atoms with Crippen molar-refractivity contribution in [2.75, 3.05) is 4.90 Å². The van der Waals surface area contributed by atoms with Gasteiger partial charge >= 0.3 is 0 Å². The quantitative estimate of drug-likeness (QED) is 0.189. The number of rotatable bonds is 4. The first-order chi connectivity index (χ1) is 24.1. The predicted octanol–water partition coefficient (Wildman–Crippen LogP) is 12.9. The first kappa shape index (κ1) is 27.9. The molecule has 0 fully saturated rings. The number of nitrogens with zero attached hydrogens (tertiary/aromatic N) is 2. The van der Waals surface area contributed by atoms with Crippen LogP contribution in [0.3, 0.4) is 0 Å². The van der Waals surface area contributed by atoms with Gasteiger partial charge in [-0.05, 0) is 87.4 Å². The van der Waals surface area contributed by atoms with E-state index in [0.717, 1.165) is 22.7 Å². The van der Waals surface area contributed by atoms with E-state index in [-0.39, 0.29) is 5.41 Å². The van der Waals surface area contributed by atoms with Crippen molar-refractivity contribution in [3.05, 3.63) is 181 Å². The number of aromatic nitrogens is 1. The standard InChI is InChI=1S/C47H34N2/c1-47(2)40-22-10-8-21-38(40)45-44-32(16-12-23-41(44)47)30-39-37-20-9-11-24-43(37)49(46(39)45)35-28-26-34(27-29-35)48(33-17-4-3-5-18-33)42-25-13-15-31-14-6-7-19-36(31)42/h3-30H,1-2H3. The summed E-state index contributed by atoms with van der Waals surface area (Å²) in [6.07, 6.45) is 0. The zero-order valence-corrected chi connectivity index (χ0v) is 27.6. The van der Waals surface area contributed by atoms with Crippen molar-refractivity contribution in [1.29, 1.82) is 0 Å². The number of para-hydroxylation sites is 2. The van der Waals surface area contributed by atoms with Gasteiger partial charge in [0.15, 0.2) is 0 Å².